The molecule has 24 heavy (non-hydrogen) atoms. The highest BCUT2D eigenvalue weighted by Gasteiger charge is 2.19. The zero-order valence-corrected chi connectivity index (χ0v) is 14.3. The standard InChI is InChI=1S/C17H24N4O3/c1-17(2,3)24-16(23)20-11-14(9-15(22)12-21-18)19-10-13-7-5-4-6-8-13/h4-8,12,14,19H,9-11H2,1-3H3,(H,20,23). The molecular formula is C17H24N4O3. The molecule has 1 amide bonds. The highest BCUT2D eigenvalue weighted by molar-refractivity contribution is 6.25. The van der Waals surface area contributed by atoms with E-state index in [4.69, 9.17) is 10.3 Å². The van der Waals surface area contributed by atoms with Gasteiger partial charge in [-0.25, -0.2) is 4.79 Å². The van der Waals surface area contributed by atoms with E-state index in [-0.39, 0.29) is 24.8 Å². The van der Waals surface area contributed by atoms with Gasteiger partial charge in [-0.05, 0) is 26.3 Å². The summed E-state index contributed by atoms with van der Waals surface area (Å²) in [6.45, 7) is 6.09. The Kier molecular flexibility index (Phi) is 7.82. The normalized spacial score (nSPS) is 12.0. The van der Waals surface area contributed by atoms with Gasteiger partial charge < -0.3 is 20.9 Å². The van der Waals surface area contributed by atoms with E-state index < -0.39 is 11.7 Å². The van der Waals surface area contributed by atoms with Crippen molar-refractivity contribution in [2.75, 3.05) is 6.54 Å². The summed E-state index contributed by atoms with van der Waals surface area (Å²) in [6.07, 6.45) is 0.398. The fraction of sp³-hybridized carbons (Fsp3) is 0.471. The Labute approximate surface area is 142 Å². The van der Waals surface area contributed by atoms with Crippen LogP contribution in [0.5, 0.6) is 0 Å². The van der Waals surface area contributed by atoms with Crippen LogP contribution in [-0.4, -0.2) is 41.1 Å². The van der Waals surface area contributed by atoms with E-state index in [1.807, 2.05) is 30.3 Å². The van der Waals surface area contributed by atoms with Gasteiger partial charge in [0.15, 0.2) is 0 Å². The summed E-state index contributed by atoms with van der Waals surface area (Å²) in [5.74, 6) is -0.339. The summed E-state index contributed by atoms with van der Waals surface area (Å²) < 4.78 is 5.17. The van der Waals surface area contributed by atoms with E-state index in [1.54, 1.807) is 20.8 Å². The van der Waals surface area contributed by atoms with E-state index in [9.17, 15) is 9.59 Å². The molecule has 2 N–H and O–H groups in total. The van der Waals surface area contributed by atoms with Crippen molar-refractivity contribution in [2.24, 2.45) is 0 Å². The highest BCUT2D eigenvalue weighted by Crippen LogP contribution is 2.06. The molecule has 0 heterocycles. The number of rotatable bonds is 8. The monoisotopic (exact) mass is 332 g/mol. The Morgan fingerprint density at radius 3 is 2.54 bits per heavy atom. The Bertz CT molecular complexity index is 590. The SMILES string of the molecule is CC(C)(C)OC(=O)NCC(CC(=O)C=[N+]=[N-])NCc1ccccc1. The lowest BCUT2D eigenvalue weighted by Crippen LogP contribution is -2.43. The van der Waals surface area contributed by atoms with Crippen molar-refractivity contribution in [3.8, 4) is 0 Å². The minimum atomic E-state index is -0.587. The number of amides is 1. The van der Waals surface area contributed by atoms with Gasteiger partial charge in [-0.3, -0.25) is 4.79 Å². The predicted octanol–water partition coefficient (Wildman–Crippen LogP) is 1.93. The van der Waals surface area contributed by atoms with Crippen LogP contribution in [0.2, 0.25) is 0 Å². The first-order valence-corrected chi connectivity index (χ1v) is 7.74. The maximum atomic E-state index is 11.7. The minimum absolute atomic E-state index is 0.0900. The number of alkyl carbamates (subject to hydrolysis) is 1. The number of ketones is 1. The largest absolute Gasteiger partial charge is 0.444 e. The number of ether oxygens (including phenoxy) is 1. The Morgan fingerprint density at radius 1 is 1.29 bits per heavy atom. The zero-order chi connectivity index (χ0) is 18.0. The molecule has 0 radical (unpaired) electrons. The second-order valence-electron chi connectivity index (χ2n) is 6.36. The van der Waals surface area contributed by atoms with E-state index >= 15 is 0 Å². The zero-order valence-electron chi connectivity index (χ0n) is 14.3. The van der Waals surface area contributed by atoms with Crippen LogP contribution in [0.1, 0.15) is 32.8 Å². The van der Waals surface area contributed by atoms with Crippen LogP contribution in [0, 0.1) is 0 Å². The summed E-state index contributed by atoms with van der Waals surface area (Å²) in [6, 6.07) is 9.38. The molecule has 1 atom stereocenters. The van der Waals surface area contributed by atoms with Gasteiger partial charge in [-0.1, -0.05) is 30.3 Å². The number of hydrogen-bond acceptors (Lipinski definition) is 4. The van der Waals surface area contributed by atoms with Crippen LogP contribution < -0.4 is 10.6 Å². The molecule has 1 rings (SSSR count). The number of nitrogens with zero attached hydrogens (tertiary/aromatic N) is 2. The molecule has 0 fully saturated rings. The lowest BCUT2D eigenvalue weighted by molar-refractivity contribution is -0.116. The summed E-state index contributed by atoms with van der Waals surface area (Å²) in [5.41, 5.74) is 8.91. The molecule has 0 saturated heterocycles. The van der Waals surface area contributed by atoms with Gasteiger partial charge in [-0.15, -0.1) is 0 Å². The molecule has 7 heteroatoms. The van der Waals surface area contributed by atoms with Gasteiger partial charge in [0.1, 0.15) is 5.60 Å². The first-order valence-electron chi connectivity index (χ1n) is 7.74. The Morgan fingerprint density at radius 2 is 1.96 bits per heavy atom. The molecule has 0 bridgehead atoms. The van der Waals surface area contributed by atoms with Crippen molar-refractivity contribution in [1.82, 2.24) is 10.6 Å². The van der Waals surface area contributed by atoms with Gasteiger partial charge in [0.25, 0.3) is 0 Å². The molecule has 7 nitrogen and oxygen atoms in total. The van der Waals surface area contributed by atoms with Crippen LogP contribution in [0.4, 0.5) is 4.79 Å². The Hall–Kier alpha value is -2.50. The minimum Gasteiger partial charge on any atom is -0.444 e. The van der Waals surface area contributed by atoms with Crippen molar-refractivity contribution in [2.45, 2.75) is 45.4 Å². The van der Waals surface area contributed by atoms with E-state index in [0.29, 0.717) is 6.54 Å². The van der Waals surface area contributed by atoms with Crippen molar-refractivity contribution in [1.29, 1.82) is 0 Å². The number of hydrogen-bond donors (Lipinski definition) is 2. The summed E-state index contributed by atoms with van der Waals surface area (Å²) >= 11 is 0. The second kappa shape index (κ2) is 9.60. The van der Waals surface area contributed by atoms with Crippen LogP contribution in [0.15, 0.2) is 30.3 Å². The van der Waals surface area contributed by atoms with Crippen molar-refractivity contribution in [3.63, 3.8) is 0 Å². The van der Waals surface area contributed by atoms with Crippen LogP contribution in [0.25, 0.3) is 5.53 Å². The summed E-state index contributed by atoms with van der Waals surface area (Å²) in [7, 11) is 0. The first kappa shape index (κ1) is 19.5. The smallest absolute Gasteiger partial charge is 0.407 e. The summed E-state index contributed by atoms with van der Waals surface area (Å²) in [5, 5.41) is 5.85. The third-order valence-electron chi connectivity index (χ3n) is 2.98. The van der Waals surface area contributed by atoms with Crippen LogP contribution >= 0.6 is 0 Å². The fourth-order valence-corrected chi connectivity index (χ4v) is 1.96. The van der Waals surface area contributed by atoms with Crippen LogP contribution in [0.3, 0.4) is 0 Å². The Balaban J connectivity index is 2.58. The number of Topliss-reactive ketones (excluding diaryl/α,β-unsaturated/α-hetero) is 1. The third-order valence-corrected chi connectivity index (χ3v) is 2.98. The van der Waals surface area contributed by atoms with Crippen molar-refractivity contribution in [3.05, 3.63) is 41.4 Å². The molecule has 0 saturated carbocycles. The molecule has 1 unspecified atom stereocenters. The van der Waals surface area contributed by atoms with Gasteiger partial charge in [0.2, 0.25) is 5.78 Å². The summed E-state index contributed by atoms with van der Waals surface area (Å²) in [4.78, 5) is 26.1. The van der Waals surface area contributed by atoms with Gasteiger partial charge >= 0.3 is 12.3 Å². The topological polar surface area (TPSA) is 104 Å². The van der Waals surface area contributed by atoms with Crippen LogP contribution in [-0.2, 0) is 16.1 Å². The fourth-order valence-electron chi connectivity index (χ4n) is 1.96. The van der Waals surface area contributed by atoms with Gasteiger partial charge in [-0.2, -0.15) is 4.79 Å². The first-order chi connectivity index (χ1) is 11.3. The average molecular weight is 332 g/mol. The maximum Gasteiger partial charge on any atom is 0.407 e. The molecule has 130 valence electrons. The lowest BCUT2D eigenvalue weighted by atomic mass is 10.1. The van der Waals surface area contributed by atoms with E-state index in [1.165, 1.54) is 0 Å². The van der Waals surface area contributed by atoms with Crippen molar-refractivity contribution >= 4 is 18.1 Å². The molecule has 0 aliphatic rings. The van der Waals surface area contributed by atoms with Gasteiger partial charge in [0.05, 0.1) is 0 Å². The molecule has 0 spiro atoms. The molecule has 0 aliphatic carbocycles. The molecule has 1 aromatic carbocycles. The maximum absolute atomic E-state index is 11.7. The lowest BCUT2D eigenvalue weighted by Gasteiger charge is -2.22. The van der Waals surface area contributed by atoms with E-state index in [0.717, 1.165) is 11.8 Å². The molecule has 0 aliphatic heterocycles. The predicted molar refractivity (Wildman–Crippen MR) is 90.6 cm³/mol. The van der Waals surface area contributed by atoms with Gasteiger partial charge in [0, 0.05) is 25.6 Å². The molecular weight excluding hydrogens is 308 g/mol. The highest BCUT2D eigenvalue weighted by atomic mass is 16.6. The van der Waals surface area contributed by atoms with E-state index in [2.05, 4.69) is 15.4 Å². The molecule has 0 aromatic heterocycles. The third kappa shape index (κ3) is 8.82. The molecule has 1 aromatic rings. The number of nitrogens with one attached hydrogen (secondary N) is 2. The number of carbonyl (C=O) groups excluding carboxylic acids is 2. The van der Waals surface area contributed by atoms with Crippen molar-refractivity contribution < 1.29 is 19.1 Å². The number of carbonyl (C=O) groups is 2. The number of benzene rings is 1. The second-order valence-corrected chi connectivity index (χ2v) is 6.36. The quantitative estimate of drug-likeness (QED) is 0.431. The average Bonchev–Trinajstić information content (AvgIpc) is 2.49.